The molecule has 1 aliphatic rings. The molecule has 4 heteroatoms. The van der Waals surface area contributed by atoms with Crippen LogP contribution in [0.15, 0.2) is 66.2 Å². The number of hydrogen-bond acceptors (Lipinski definition) is 4. The minimum atomic E-state index is 0.319. The highest BCUT2D eigenvalue weighted by atomic mass is 32.2. The normalized spacial score (nSPS) is 18.4. The molecule has 0 bridgehead atoms. The van der Waals surface area contributed by atoms with Crippen LogP contribution in [0.3, 0.4) is 0 Å². The van der Waals surface area contributed by atoms with E-state index in [9.17, 15) is 0 Å². The summed E-state index contributed by atoms with van der Waals surface area (Å²) in [6, 6.07) is 10.3. The highest BCUT2D eigenvalue weighted by Gasteiger charge is 2.27. The van der Waals surface area contributed by atoms with Gasteiger partial charge < -0.3 is 9.32 Å². The first-order chi connectivity index (χ1) is 9.38. The van der Waals surface area contributed by atoms with Crippen molar-refractivity contribution < 1.29 is 4.42 Å². The maximum Gasteiger partial charge on any atom is 0.181 e. The molecule has 1 aromatic carbocycles. The Morgan fingerprint density at radius 3 is 2.89 bits per heavy atom. The molecule has 2 heterocycles. The third-order valence-electron chi connectivity index (χ3n) is 2.93. The number of anilines is 1. The first kappa shape index (κ1) is 12.1. The molecule has 3 nitrogen and oxygen atoms in total. The maximum atomic E-state index is 5.38. The zero-order valence-corrected chi connectivity index (χ0v) is 11.2. The SMILES string of the molecule is C=CCC1SC(c2cnco2)=CN1c1ccccc1. The van der Waals surface area contributed by atoms with Crippen molar-refractivity contribution in [3.05, 3.63) is 67.5 Å². The van der Waals surface area contributed by atoms with Crippen LogP contribution in [0.25, 0.3) is 4.91 Å². The highest BCUT2D eigenvalue weighted by molar-refractivity contribution is 8.09. The summed E-state index contributed by atoms with van der Waals surface area (Å²) in [6.07, 6.45) is 8.19. The standard InChI is InChI=1S/C15H14N2OS/c1-2-6-15-17(12-7-4-3-5-8-12)10-14(19-15)13-9-16-11-18-13/h2-5,7-11,15H,1,6H2. The van der Waals surface area contributed by atoms with Crippen LogP contribution < -0.4 is 4.90 Å². The minimum Gasteiger partial charge on any atom is -0.443 e. The molecule has 0 fully saturated rings. The van der Waals surface area contributed by atoms with Gasteiger partial charge in [0.2, 0.25) is 0 Å². The molecule has 0 saturated heterocycles. The van der Waals surface area contributed by atoms with Crippen LogP contribution in [0.2, 0.25) is 0 Å². The van der Waals surface area contributed by atoms with Crippen LogP contribution in [-0.2, 0) is 0 Å². The second-order valence-corrected chi connectivity index (χ2v) is 5.42. The van der Waals surface area contributed by atoms with Crippen LogP contribution in [0, 0.1) is 0 Å². The average molecular weight is 270 g/mol. The van der Waals surface area contributed by atoms with Gasteiger partial charge in [0, 0.05) is 11.9 Å². The summed E-state index contributed by atoms with van der Waals surface area (Å²) in [6.45, 7) is 3.84. The molecule has 1 aromatic heterocycles. The van der Waals surface area contributed by atoms with Crippen molar-refractivity contribution in [3.63, 3.8) is 0 Å². The number of benzene rings is 1. The number of aromatic nitrogens is 1. The van der Waals surface area contributed by atoms with Gasteiger partial charge in [-0.05, 0) is 18.6 Å². The largest absolute Gasteiger partial charge is 0.443 e. The molecule has 0 spiro atoms. The van der Waals surface area contributed by atoms with Gasteiger partial charge in [-0.1, -0.05) is 36.0 Å². The van der Waals surface area contributed by atoms with Gasteiger partial charge in [0.15, 0.2) is 12.2 Å². The van der Waals surface area contributed by atoms with E-state index in [2.05, 4.69) is 34.8 Å². The van der Waals surface area contributed by atoms with Crippen LogP contribution in [0.1, 0.15) is 12.2 Å². The molecular weight excluding hydrogens is 256 g/mol. The highest BCUT2D eigenvalue weighted by Crippen LogP contribution is 2.42. The van der Waals surface area contributed by atoms with E-state index in [0.29, 0.717) is 5.37 Å². The first-order valence-corrected chi connectivity index (χ1v) is 6.98. The fourth-order valence-corrected chi connectivity index (χ4v) is 3.26. The molecule has 2 aromatic rings. The van der Waals surface area contributed by atoms with Gasteiger partial charge in [0.25, 0.3) is 0 Å². The van der Waals surface area contributed by atoms with E-state index in [0.717, 1.165) is 17.1 Å². The van der Waals surface area contributed by atoms with Crippen LogP contribution >= 0.6 is 11.8 Å². The van der Waals surface area contributed by atoms with Gasteiger partial charge in [0.1, 0.15) is 0 Å². The second kappa shape index (κ2) is 5.36. The van der Waals surface area contributed by atoms with Crippen LogP contribution in [0.4, 0.5) is 5.69 Å². The molecule has 19 heavy (non-hydrogen) atoms. The third kappa shape index (κ3) is 2.44. The Hall–Kier alpha value is -1.94. The molecule has 96 valence electrons. The third-order valence-corrected chi connectivity index (χ3v) is 4.18. The zero-order valence-electron chi connectivity index (χ0n) is 10.4. The van der Waals surface area contributed by atoms with Gasteiger partial charge in [-0.25, -0.2) is 4.98 Å². The lowest BCUT2D eigenvalue weighted by Gasteiger charge is -2.23. The van der Waals surface area contributed by atoms with E-state index < -0.39 is 0 Å². The minimum absolute atomic E-state index is 0.319. The predicted octanol–water partition coefficient (Wildman–Crippen LogP) is 4.13. The first-order valence-electron chi connectivity index (χ1n) is 6.10. The molecule has 3 rings (SSSR count). The Labute approximate surface area is 116 Å². The molecule has 1 atom stereocenters. The summed E-state index contributed by atoms with van der Waals surface area (Å²) in [7, 11) is 0. The Morgan fingerprint density at radius 1 is 1.37 bits per heavy atom. The summed E-state index contributed by atoms with van der Waals surface area (Å²) >= 11 is 1.78. The smallest absolute Gasteiger partial charge is 0.181 e. The van der Waals surface area contributed by atoms with E-state index >= 15 is 0 Å². The quantitative estimate of drug-likeness (QED) is 0.781. The Balaban J connectivity index is 1.92. The van der Waals surface area contributed by atoms with Crippen molar-refractivity contribution in [2.45, 2.75) is 11.8 Å². The van der Waals surface area contributed by atoms with Gasteiger partial charge in [-0.2, -0.15) is 0 Å². The van der Waals surface area contributed by atoms with E-state index in [1.807, 2.05) is 24.3 Å². The lowest BCUT2D eigenvalue weighted by Crippen LogP contribution is -2.23. The lowest BCUT2D eigenvalue weighted by molar-refractivity contribution is 0.547. The van der Waals surface area contributed by atoms with Crippen LogP contribution in [0.5, 0.6) is 0 Å². The van der Waals surface area contributed by atoms with E-state index in [1.165, 1.54) is 12.1 Å². The molecule has 0 aliphatic carbocycles. The number of oxazole rings is 1. The summed E-state index contributed by atoms with van der Waals surface area (Å²) in [5.41, 5.74) is 1.18. The molecule has 1 aliphatic heterocycles. The number of rotatable bonds is 4. The summed E-state index contributed by atoms with van der Waals surface area (Å²) in [5, 5.41) is 0.319. The van der Waals surface area contributed by atoms with Gasteiger partial charge >= 0.3 is 0 Å². The van der Waals surface area contributed by atoms with Crippen molar-refractivity contribution in [1.82, 2.24) is 4.98 Å². The van der Waals surface area contributed by atoms with Gasteiger partial charge in [0.05, 0.1) is 16.5 Å². The second-order valence-electron chi connectivity index (χ2n) is 4.20. The number of thioether (sulfide) groups is 1. The molecule has 1 unspecified atom stereocenters. The van der Waals surface area contributed by atoms with Crippen molar-refractivity contribution in [2.75, 3.05) is 4.90 Å². The average Bonchev–Trinajstić information content (AvgIpc) is 3.08. The fourth-order valence-electron chi connectivity index (χ4n) is 2.05. The topological polar surface area (TPSA) is 29.3 Å². The predicted molar refractivity (Wildman–Crippen MR) is 79.6 cm³/mol. The monoisotopic (exact) mass is 270 g/mol. The number of para-hydroxylation sites is 1. The Morgan fingerprint density at radius 2 is 2.21 bits per heavy atom. The Kier molecular flexibility index (Phi) is 3.42. The maximum absolute atomic E-state index is 5.38. The van der Waals surface area contributed by atoms with E-state index in [-0.39, 0.29) is 0 Å². The molecule has 0 amide bonds. The lowest BCUT2D eigenvalue weighted by atomic mass is 10.2. The summed E-state index contributed by atoms with van der Waals surface area (Å²) in [5.74, 6) is 0.817. The van der Waals surface area contributed by atoms with Crippen molar-refractivity contribution >= 4 is 22.4 Å². The zero-order chi connectivity index (χ0) is 13.1. The van der Waals surface area contributed by atoms with E-state index in [1.54, 1.807) is 18.0 Å². The van der Waals surface area contributed by atoms with Crippen molar-refractivity contribution in [1.29, 1.82) is 0 Å². The molecule has 0 radical (unpaired) electrons. The van der Waals surface area contributed by atoms with Crippen molar-refractivity contribution in [2.24, 2.45) is 0 Å². The summed E-state index contributed by atoms with van der Waals surface area (Å²) in [4.78, 5) is 7.34. The van der Waals surface area contributed by atoms with Gasteiger partial charge in [-0.3, -0.25) is 0 Å². The fraction of sp³-hybridized carbons (Fsp3) is 0.133. The van der Waals surface area contributed by atoms with Crippen LogP contribution in [-0.4, -0.2) is 10.4 Å². The van der Waals surface area contributed by atoms with E-state index in [4.69, 9.17) is 4.42 Å². The van der Waals surface area contributed by atoms with Gasteiger partial charge in [-0.15, -0.1) is 6.58 Å². The molecule has 0 N–H and O–H groups in total. The Bertz CT molecular complexity index is 577. The van der Waals surface area contributed by atoms with Crippen molar-refractivity contribution in [3.8, 4) is 0 Å². The summed E-state index contributed by atoms with van der Waals surface area (Å²) < 4.78 is 5.38. The number of hydrogen-bond donors (Lipinski definition) is 0. The molecule has 0 saturated carbocycles. The number of nitrogens with zero attached hydrogens (tertiary/aromatic N) is 2. The molecular formula is C15H14N2OS.